The predicted molar refractivity (Wildman–Crippen MR) is 83.4 cm³/mol. The second-order valence-electron chi connectivity index (χ2n) is 5.46. The molecule has 0 aliphatic heterocycles. The molecular formula is C18H23N. The number of hydrogen-bond acceptors (Lipinski definition) is 1. The Kier molecular flexibility index (Phi) is 4.62. The van der Waals surface area contributed by atoms with Crippen molar-refractivity contribution in [3.8, 4) is 0 Å². The van der Waals surface area contributed by atoms with Gasteiger partial charge in [0.15, 0.2) is 0 Å². The lowest BCUT2D eigenvalue weighted by Gasteiger charge is -2.16. The van der Waals surface area contributed by atoms with Gasteiger partial charge in [0.25, 0.3) is 0 Å². The molecule has 100 valence electrons. The number of rotatable bonds is 5. The Morgan fingerprint density at radius 2 is 1.21 bits per heavy atom. The van der Waals surface area contributed by atoms with Crippen LogP contribution < -0.4 is 5.73 Å². The normalized spacial score (nSPS) is 14.0. The Hall–Kier alpha value is -1.76. The Bertz CT molecular complexity index is 487. The van der Waals surface area contributed by atoms with E-state index in [-0.39, 0.29) is 0 Å². The van der Waals surface area contributed by atoms with Gasteiger partial charge in [0.2, 0.25) is 0 Å². The molecular weight excluding hydrogens is 230 g/mol. The van der Waals surface area contributed by atoms with E-state index in [1.165, 1.54) is 24.0 Å². The summed E-state index contributed by atoms with van der Waals surface area (Å²) in [4.78, 5) is 0. The maximum absolute atomic E-state index is 5.73. The quantitative estimate of drug-likeness (QED) is 0.749. The summed E-state index contributed by atoms with van der Waals surface area (Å²) in [6.07, 6.45) is 2.43. The summed E-state index contributed by atoms with van der Waals surface area (Å²) < 4.78 is 0. The van der Waals surface area contributed by atoms with Crippen molar-refractivity contribution in [2.75, 3.05) is 5.73 Å². The Balaban J connectivity index is 1.90. The fraction of sp³-hybridized carbons (Fsp3) is 0.333. The Labute approximate surface area is 116 Å². The Morgan fingerprint density at radius 3 is 1.74 bits per heavy atom. The fourth-order valence-corrected chi connectivity index (χ4v) is 2.44. The van der Waals surface area contributed by atoms with Gasteiger partial charge in [-0.3, -0.25) is 0 Å². The minimum Gasteiger partial charge on any atom is -0.399 e. The molecule has 1 heteroatoms. The zero-order chi connectivity index (χ0) is 13.7. The van der Waals surface area contributed by atoms with Gasteiger partial charge in [0, 0.05) is 5.69 Å². The van der Waals surface area contributed by atoms with Gasteiger partial charge in [-0.15, -0.1) is 0 Å². The molecule has 0 saturated heterocycles. The van der Waals surface area contributed by atoms with E-state index in [4.69, 9.17) is 5.73 Å². The van der Waals surface area contributed by atoms with Crippen molar-refractivity contribution in [2.45, 2.75) is 38.5 Å². The molecule has 0 aromatic heterocycles. The van der Waals surface area contributed by atoms with E-state index in [1.807, 2.05) is 12.1 Å². The van der Waals surface area contributed by atoms with Crippen molar-refractivity contribution in [3.05, 3.63) is 65.7 Å². The predicted octanol–water partition coefficient (Wildman–Crippen LogP) is 4.96. The summed E-state index contributed by atoms with van der Waals surface area (Å²) in [5, 5.41) is 0. The first kappa shape index (κ1) is 13.7. The molecule has 0 bridgehead atoms. The van der Waals surface area contributed by atoms with E-state index >= 15 is 0 Å². The van der Waals surface area contributed by atoms with E-state index in [9.17, 15) is 0 Å². The first-order chi connectivity index (χ1) is 9.16. The van der Waals surface area contributed by atoms with Crippen LogP contribution in [-0.2, 0) is 0 Å². The third-order valence-corrected chi connectivity index (χ3v) is 3.91. The lowest BCUT2D eigenvalue weighted by molar-refractivity contribution is 0.574. The topological polar surface area (TPSA) is 26.0 Å². The summed E-state index contributed by atoms with van der Waals surface area (Å²) in [5.74, 6) is 1.21. The molecule has 0 amide bonds. The zero-order valence-corrected chi connectivity index (χ0v) is 11.8. The van der Waals surface area contributed by atoms with Crippen LogP contribution in [0.15, 0.2) is 54.6 Å². The molecule has 0 spiro atoms. The van der Waals surface area contributed by atoms with Crippen LogP contribution in [0.25, 0.3) is 0 Å². The molecule has 0 aliphatic carbocycles. The molecule has 0 fully saturated rings. The molecule has 2 aromatic rings. The van der Waals surface area contributed by atoms with Crippen LogP contribution in [0, 0.1) is 0 Å². The molecule has 1 nitrogen and oxygen atoms in total. The van der Waals surface area contributed by atoms with Gasteiger partial charge >= 0.3 is 0 Å². The van der Waals surface area contributed by atoms with Crippen LogP contribution in [0.3, 0.4) is 0 Å². The first-order valence-electron chi connectivity index (χ1n) is 7.07. The molecule has 0 radical (unpaired) electrons. The van der Waals surface area contributed by atoms with Gasteiger partial charge in [-0.05, 0) is 47.9 Å². The van der Waals surface area contributed by atoms with E-state index < -0.39 is 0 Å². The van der Waals surface area contributed by atoms with Crippen LogP contribution >= 0.6 is 0 Å². The van der Waals surface area contributed by atoms with Crippen molar-refractivity contribution in [3.63, 3.8) is 0 Å². The van der Waals surface area contributed by atoms with E-state index in [2.05, 4.69) is 56.3 Å². The monoisotopic (exact) mass is 253 g/mol. The molecule has 2 N–H and O–H groups in total. The minimum absolute atomic E-state index is 0.590. The fourth-order valence-electron chi connectivity index (χ4n) is 2.44. The lowest BCUT2D eigenvalue weighted by Crippen LogP contribution is -1.99. The molecule has 2 atom stereocenters. The van der Waals surface area contributed by atoms with Gasteiger partial charge in [-0.2, -0.15) is 0 Å². The Morgan fingerprint density at radius 1 is 0.737 bits per heavy atom. The number of benzene rings is 2. The molecule has 0 aliphatic rings. The van der Waals surface area contributed by atoms with Gasteiger partial charge in [0.1, 0.15) is 0 Å². The molecule has 2 unspecified atom stereocenters. The van der Waals surface area contributed by atoms with Crippen molar-refractivity contribution < 1.29 is 0 Å². The van der Waals surface area contributed by atoms with Crippen LogP contribution in [0.5, 0.6) is 0 Å². The smallest absolute Gasteiger partial charge is 0.0314 e. The average molecular weight is 253 g/mol. The molecule has 19 heavy (non-hydrogen) atoms. The molecule has 0 saturated carbocycles. The van der Waals surface area contributed by atoms with Gasteiger partial charge in [-0.25, -0.2) is 0 Å². The van der Waals surface area contributed by atoms with Crippen molar-refractivity contribution >= 4 is 5.69 Å². The summed E-state index contributed by atoms with van der Waals surface area (Å²) in [6.45, 7) is 4.61. The van der Waals surface area contributed by atoms with E-state index in [0.717, 1.165) is 5.69 Å². The first-order valence-corrected chi connectivity index (χ1v) is 7.07. The summed E-state index contributed by atoms with van der Waals surface area (Å²) in [7, 11) is 0. The summed E-state index contributed by atoms with van der Waals surface area (Å²) in [5.41, 5.74) is 9.39. The standard InChI is InChI=1S/C18H23N/c1-14(16-6-4-3-5-7-16)8-9-15(2)17-10-12-18(19)13-11-17/h3-7,10-15H,8-9,19H2,1-2H3. The summed E-state index contributed by atoms with van der Waals surface area (Å²) >= 11 is 0. The van der Waals surface area contributed by atoms with E-state index in [1.54, 1.807) is 0 Å². The highest BCUT2D eigenvalue weighted by Crippen LogP contribution is 2.27. The van der Waals surface area contributed by atoms with Crippen LogP contribution in [0.2, 0.25) is 0 Å². The third kappa shape index (κ3) is 3.85. The molecule has 2 aromatic carbocycles. The number of hydrogen-bond donors (Lipinski definition) is 1. The molecule has 2 rings (SSSR count). The maximum atomic E-state index is 5.73. The van der Waals surface area contributed by atoms with E-state index in [0.29, 0.717) is 11.8 Å². The van der Waals surface area contributed by atoms with Crippen LogP contribution in [0.4, 0.5) is 5.69 Å². The van der Waals surface area contributed by atoms with Crippen LogP contribution in [0.1, 0.15) is 49.7 Å². The highest BCUT2D eigenvalue weighted by Gasteiger charge is 2.09. The van der Waals surface area contributed by atoms with Crippen molar-refractivity contribution in [1.82, 2.24) is 0 Å². The second-order valence-corrected chi connectivity index (χ2v) is 5.46. The number of nitrogen functional groups attached to an aromatic ring is 1. The van der Waals surface area contributed by atoms with Gasteiger partial charge in [0.05, 0.1) is 0 Å². The largest absolute Gasteiger partial charge is 0.399 e. The zero-order valence-electron chi connectivity index (χ0n) is 11.8. The van der Waals surface area contributed by atoms with Crippen molar-refractivity contribution in [1.29, 1.82) is 0 Å². The van der Waals surface area contributed by atoms with Gasteiger partial charge < -0.3 is 5.73 Å². The van der Waals surface area contributed by atoms with Crippen LogP contribution in [-0.4, -0.2) is 0 Å². The average Bonchev–Trinajstić information content (AvgIpc) is 2.46. The number of nitrogens with two attached hydrogens (primary N) is 1. The maximum Gasteiger partial charge on any atom is 0.0314 e. The number of anilines is 1. The second kappa shape index (κ2) is 6.42. The lowest BCUT2D eigenvalue weighted by atomic mass is 9.89. The third-order valence-electron chi connectivity index (χ3n) is 3.91. The highest BCUT2D eigenvalue weighted by atomic mass is 14.5. The highest BCUT2D eigenvalue weighted by molar-refractivity contribution is 5.40. The minimum atomic E-state index is 0.590. The summed E-state index contributed by atoms with van der Waals surface area (Å²) in [6, 6.07) is 19.0. The van der Waals surface area contributed by atoms with Gasteiger partial charge in [-0.1, -0.05) is 56.3 Å². The van der Waals surface area contributed by atoms with Crippen molar-refractivity contribution in [2.24, 2.45) is 0 Å². The SMILES string of the molecule is CC(CCC(C)c1ccc(N)cc1)c1ccccc1. The molecule has 0 heterocycles.